The lowest BCUT2D eigenvalue weighted by Gasteiger charge is -1.79. The summed E-state index contributed by atoms with van der Waals surface area (Å²) in [6, 6.07) is 0. The molecule has 1 aliphatic heterocycles. The summed E-state index contributed by atoms with van der Waals surface area (Å²) in [6.07, 6.45) is 15.4. The van der Waals surface area contributed by atoms with Gasteiger partial charge in [0.25, 0.3) is 0 Å². The van der Waals surface area contributed by atoms with Crippen LogP contribution >= 0.6 is 0 Å². The Hall–Kier alpha value is -2.03. The van der Waals surface area contributed by atoms with Crippen LogP contribution in [0.1, 0.15) is 0 Å². The molecule has 0 atom stereocenters. The monoisotopic (exact) mass is 191 g/mol. The Morgan fingerprint density at radius 1 is 1.21 bits per heavy atom. The third-order valence-corrected chi connectivity index (χ3v) is 1.09. The quantitative estimate of drug-likeness (QED) is 0.518. The summed E-state index contributed by atoms with van der Waals surface area (Å²) in [7, 11) is 0. The molecular weight excluding hydrogens is 178 g/mol. The second-order valence-corrected chi connectivity index (χ2v) is 2.20. The Kier molecular flexibility index (Phi) is 7.75. The largest absolute Gasteiger partial charge is 0.478 e. The molecule has 0 fully saturated rings. The Morgan fingerprint density at radius 3 is 2.14 bits per heavy atom. The molecule has 1 aliphatic rings. The maximum atomic E-state index is 9.62. The zero-order valence-corrected chi connectivity index (χ0v) is 7.76. The average Bonchev–Trinajstić information content (AvgIpc) is 2.46. The van der Waals surface area contributed by atoms with Gasteiger partial charge in [-0.05, 0) is 12.2 Å². The molecule has 3 nitrogen and oxygen atoms in total. The zero-order chi connectivity index (χ0) is 10.6. The number of carboxylic acid groups (broad SMARTS) is 1. The standard InChI is InChI=1S/C6H7N.C5H6O2/c1-2-4-6-7-5-3-1;1-2-3-4-5(6)7/h1-7H;2-4H,1H2,(H,6,7). The molecular formula is C11H13NO2. The first kappa shape index (κ1) is 12.0. The Labute approximate surface area is 83.4 Å². The second kappa shape index (κ2) is 9.06. The van der Waals surface area contributed by atoms with Gasteiger partial charge < -0.3 is 10.4 Å². The summed E-state index contributed by atoms with van der Waals surface area (Å²) in [5.74, 6) is -0.945. The van der Waals surface area contributed by atoms with Crippen LogP contribution in [-0.2, 0) is 4.79 Å². The third-order valence-electron chi connectivity index (χ3n) is 1.09. The van der Waals surface area contributed by atoms with Crippen LogP contribution in [0.15, 0.2) is 61.5 Å². The van der Waals surface area contributed by atoms with Gasteiger partial charge in [0, 0.05) is 18.5 Å². The van der Waals surface area contributed by atoms with Crippen LogP contribution in [-0.4, -0.2) is 11.1 Å². The molecule has 0 aromatic rings. The van der Waals surface area contributed by atoms with E-state index in [4.69, 9.17) is 5.11 Å². The lowest BCUT2D eigenvalue weighted by molar-refractivity contribution is -0.131. The van der Waals surface area contributed by atoms with Crippen molar-refractivity contribution in [2.45, 2.75) is 0 Å². The fourth-order valence-corrected chi connectivity index (χ4v) is 0.556. The van der Waals surface area contributed by atoms with Gasteiger partial charge in [0.2, 0.25) is 0 Å². The summed E-state index contributed by atoms with van der Waals surface area (Å²) >= 11 is 0. The molecule has 0 saturated carbocycles. The molecule has 1 rings (SSSR count). The zero-order valence-electron chi connectivity index (χ0n) is 7.76. The van der Waals surface area contributed by atoms with Crippen molar-refractivity contribution in [3.63, 3.8) is 0 Å². The number of rotatable bonds is 2. The van der Waals surface area contributed by atoms with Crippen LogP contribution in [0.4, 0.5) is 0 Å². The molecule has 0 aromatic heterocycles. The molecule has 0 spiro atoms. The van der Waals surface area contributed by atoms with Crippen molar-refractivity contribution in [3.05, 3.63) is 61.5 Å². The maximum Gasteiger partial charge on any atom is 0.328 e. The van der Waals surface area contributed by atoms with E-state index in [0.717, 1.165) is 6.08 Å². The SMILES string of the molecule is C1=CC=CNC=C1.C=CC=CC(=O)O. The van der Waals surface area contributed by atoms with E-state index in [2.05, 4.69) is 11.9 Å². The highest BCUT2D eigenvalue weighted by molar-refractivity contribution is 5.79. The maximum absolute atomic E-state index is 9.62. The van der Waals surface area contributed by atoms with Gasteiger partial charge in [0.15, 0.2) is 0 Å². The number of aliphatic carboxylic acids is 1. The van der Waals surface area contributed by atoms with E-state index in [1.807, 2.05) is 36.7 Å². The highest BCUT2D eigenvalue weighted by Gasteiger charge is 1.77. The molecule has 3 heteroatoms. The van der Waals surface area contributed by atoms with Crippen molar-refractivity contribution in [1.82, 2.24) is 5.32 Å². The van der Waals surface area contributed by atoms with Gasteiger partial charge in [-0.2, -0.15) is 0 Å². The van der Waals surface area contributed by atoms with E-state index < -0.39 is 5.97 Å². The number of hydrogen-bond donors (Lipinski definition) is 2. The molecule has 0 amide bonds. The van der Waals surface area contributed by atoms with Gasteiger partial charge in [-0.3, -0.25) is 0 Å². The first-order chi connectivity index (χ1) is 6.77. The van der Waals surface area contributed by atoms with Crippen molar-refractivity contribution in [2.75, 3.05) is 0 Å². The number of allylic oxidation sites excluding steroid dienone is 6. The van der Waals surface area contributed by atoms with E-state index in [-0.39, 0.29) is 0 Å². The summed E-state index contributed by atoms with van der Waals surface area (Å²) < 4.78 is 0. The van der Waals surface area contributed by atoms with Gasteiger partial charge in [-0.25, -0.2) is 4.79 Å². The number of carboxylic acids is 1. The van der Waals surface area contributed by atoms with Crippen molar-refractivity contribution in [1.29, 1.82) is 0 Å². The molecule has 74 valence electrons. The molecule has 0 aliphatic carbocycles. The van der Waals surface area contributed by atoms with E-state index in [1.54, 1.807) is 0 Å². The van der Waals surface area contributed by atoms with Crippen molar-refractivity contribution >= 4 is 5.97 Å². The summed E-state index contributed by atoms with van der Waals surface area (Å²) in [5, 5.41) is 10.8. The number of hydrogen-bond acceptors (Lipinski definition) is 2. The Balaban J connectivity index is 0.000000241. The second-order valence-electron chi connectivity index (χ2n) is 2.20. The molecule has 0 saturated heterocycles. The van der Waals surface area contributed by atoms with Crippen molar-refractivity contribution in [3.8, 4) is 0 Å². The fraction of sp³-hybridized carbons (Fsp3) is 0. The van der Waals surface area contributed by atoms with E-state index in [0.29, 0.717) is 0 Å². The van der Waals surface area contributed by atoms with E-state index in [9.17, 15) is 4.79 Å². The van der Waals surface area contributed by atoms with Gasteiger partial charge in [-0.1, -0.05) is 30.9 Å². The highest BCUT2D eigenvalue weighted by atomic mass is 16.4. The van der Waals surface area contributed by atoms with Crippen LogP contribution in [0.2, 0.25) is 0 Å². The first-order valence-corrected chi connectivity index (χ1v) is 4.04. The Morgan fingerprint density at radius 2 is 1.79 bits per heavy atom. The lowest BCUT2D eigenvalue weighted by Crippen LogP contribution is -1.87. The van der Waals surface area contributed by atoms with Crippen LogP contribution in [0.5, 0.6) is 0 Å². The smallest absolute Gasteiger partial charge is 0.328 e. The fourth-order valence-electron chi connectivity index (χ4n) is 0.556. The van der Waals surface area contributed by atoms with Gasteiger partial charge in [-0.15, -0.1) is 0 Å². The molecule has 2 N–H and O–H groups in total. The third kappa shape index (κ3) is 9.97. The number of carbonyl (C=O) groups is 1. The van der Waals surface area contributed by atoms with Crippen LogP contribution in [0.3, 0.4) is 0 Å². The van der Waals surface area contributed by atoms with Crippen LogP contribution in [0.25, 0.3) is 0 Å². The molecule has 14 heavy (non-hydrogen) atoms. The molecule has 0 radical (unpaired) electrons. The normalized spacial score (nSPS) is 12.6. The molecule has 0 bridgehead atoms. The minimum Gasteiger partial charge on any atom is -0.478 e. The molecule has 1 heterocycles. The summed E-state index contributed by atoms with van der Waals surface area (Å²) in [5.41, 5.74) is 0. The molecule has 0 unspecified atom stereocenters. The minimum atomic E-state index is -0.945. The van der Waals surface area contributed by atoms with Crippen LogP contribution in [0, 0.1) is 0 Å². The van der Waals surface area contributed by atoms with E-state index >= 15 is 0 Å². The van der Waals surface area contributed by atoms with Crippen molar-refractivity contribution in [2.24, 2.45) is 0 Å². The van der Waals surface area contributed by atoms with Crippen LogP contribution < -0.4 is 5.32 Å². The van der Waals surface area contributed by atoms with Gasteiger partial charge >= 0.3 is 5.97 Å². The topological polar surface area (TPSA) is 49.3 Å². The van der Waals surface area contributed by atoms with E-state index in [1.165, 1.54) is 12.2 Å². The lowest BCUT2D eigenvalue weighted by atomic mass is 10.5. The number of nitrogens with one attached hydrogen (secondary N) is 1. The van der Waals surface area contributed by atoms with Gasteiger partial charge in [0.1, 0.15) is 0 Å². The first-order valence-electron chi connectivity index (χ1n) is 4.04. The summed E-state index contributed by atoms with van der Waals surface area (Å²) in [4.78, 5) is 9.62. The summed E-state index contributed by atoms with van der Waals surface area (Å²) in [6.45, 7) is 3.28. The average molecular weight is 191 g/mol. The van der Waals surface area contributed by atoms with Crippen molar-refractivity contribution < 1.29 is 9.90 Å². The predicted molar refractivity (Wildman–Crippen MR) is 57.5 cm³/mol. The Bertz CT molecular complexity index is 272. The van der Waals surface area contributed by atoms with Gasteiger partial charge in [0.05, 0.1) is 0 Å². The highest BCUT2D eigenvalue weighted by Crippen LogP contribution is 1.81. The molecule has 0 aromatic carbocycles. The minimum absolute atomic E-state index is 0.945. The predicted octanol–water partition coefficient (Wildman–Crippen LogP) is 1.99.